The molecular formula is C23H26FN3O2S. The number of rotatable bonds is 6. The second kappa shape index (κ2) is 9.43. The number of para-hydroxylation sites is 1. The van der Waals surface area contributed by atoms with Gasteiger partial charge in [0, 0.05) is 13.0 Å². The Bertz CT molecular complexity index is 990. The molecule has 1 fully saturated rings. The van der Waals surface area contributed by atoms with Crippen LogP contribution in [0.25, 0.3) is 0 Å². The Kier molecular flexibility index (Phi) is 6.92. The fourth-order valence-electron chi connectivity index (χ4n) is 3.10. The van der Waals surface area contributed by atoms with Gasteiger partial charge in [0.1, 0.15) is 11.1 Å². The number of carbonyl (C=O) groups excluding carboxylic acids is 2. The average Bonchev–Trinajstić information content (AvgIpc) is 2.95. The number of amidine groups is 1. The van der Waals surface area contributed by atoms with Crippen molar-refractivity contribution >= 4 is 40.1 Å². The van der Waals surface area contributed by atoms with Crippen LogP contribution in [0.5, 0.6) is 0 Å². The number of amides is 2. The predicted molar refractivity (Wildman–Crippen MR) is 121 cm³/mol. The van der Waals surface area contributed by atoms with Crippen molar-refractivity contribution in [1.29, 1.82) is 0 Å². The van der Waals surface area contributed by atoms with Gasteiger partial charge in [-0.05, 0) is 55.2 Å². The van der Waals surface area contributed by atoms with Gasteiger partial charge in [-0.3, -0.25) is 14.5 Å². The van der Waals surface area contributed by atoms with Gasteiger partial charge in [0.25, 0.3) is 0 Å². The number of carbonyl (C=O) groups is 2. The summed E-state index contributed by atoms with van der Waals surface area (Å²) in [6, 6.07) is 11.9. The van der Waals surface area contributed by atoms with E-state index in [4.69, 9.17) is 4.99 Å². The number of halogens is 1. The van der Waals surface area contributed by atoms with Gasteiger partial charge in [-0.1, -0.05) is 43.8 Å². The molecular weight excluding hydrogens is 401 g/mol. The van der Waals surface area contributed by atoms with Gasteiger partial charge >= 0.3 is 0 Å². The maximum absolute atomic E-state index is 13.8. The van der Waals surface area contributed by atoms with Crippen molar-refractivity contribution in [2.45, 2.75) is 39.4 Å². The highest BCUT2D eigenvalue weighted by atomic mass is 32.2. The largest absolute Gasteiger partial charge is 0.324 e. The van der Waals surface area contributed by atoms with Crippen molar-refractivity contribution < 1.29 is 14.0 Å². The van der Waals surface area contributed by atoms with Gasteiger partial charge in [0.15, 0.2) is 5.17 Å². The standard InChI is InChI=1S/C23H26FN3O2S/c1-14(2)13-27-22(29)20(12-21(28)26-19-8-6-5-7-18(19)24)30-23(27)25-17-10-9-15(3)16(4)11-17/h5-11,14,20H,12-13H2,1-4H3,(H,26,28). The lowest BCUT2D eigenvalue weighted by molar-refractivity contribution is -0.128. The molecule has 1 heterocycles. The smallest absolute Gasteiger partial charge is 0.242 e. The maximum Gasteiger partial charge on any atom is 0.242 e. The number of nitrogens with zero attached hydrogens (tertiary/aromatic N) is 2. The third kappa shape index (κ3) is 5.27. The molecule has 7 heteroatoms. The van der Waals surface area contributed by atoms with Crippen LogP contribution in [-0.4, -0.2) is 33.7 Å². The number of thioether (sulfide) groups is 1. The molecule has 158 valence electrons. The van der Waals surface area contributed by atoms with E-state index in [0.29, 0.717) is 11.7 Å². The Labute approximate surface area is 180 Å². The van der Waals surface area contributed by atoms with Crippen LogP contribution in [0.15, 0.2) is 47.5 Å². The van der Waals surface area contributed by atoms with Crippen LogP contribution in [0.4, 0.5) is 15.8 Å². The molecule has 0 radical (unpaired) electrons. The molecule has 2 amide bonds. The quantitative estimate of drug-likeness (QED) is 0.701. The number of hydrogen-bond acceptors (Lipinski definition) is 4. The van der Waals surface area contributed by atoms with Gasteiger partial charge < -0.3 is 5.32 Å². The Morgan fingerprint density at radius 2 is 1.93 bits per heavy atom. The lowest BCUT2D eigenvalue weighted by Crippen LogP contribution is -2.36. The molecule has 1 saturated heterocycles. The van der Waals surface area contributed by atoms with Crippen LogP contribution in [0, 0.1) is 25.6 Å². The summed E-state index contributed by atoms with van der Waals surface area (Å²) in [5.41, 5.74) is 3.19. The van der Waals surface area contributed by atoms with Crippen LogP contribution >= 0.6 is 11.8 Å². The molecule has 3 rings (SSSR count). The van der Waals surface area contributed by atoms with Crippen LogP contribution in [0.3, 0.4) is 0 Å². The summed E-state index contributed by atoms with van der Waals surface area (Å²) < 4.78 is 13.8. The fraction of sp³-hybridized carbons (Fsp3) is 0.348. The van der Waals surface area contributed by atoms with Crippen LogP contribution in [0.2, 0.25) is 0 Å². The van der Waals surface area contributed by atoms with Gasteiger partial charge in [-0.25, -0.2) is 9.38 Å². The third-order valence-electron chi connectivity index (χ3n) is 4.80. The first-order valence-electron chi connectivity index (χ1n) is 9.93. The van der Waals surface area contributed by atoms with Gasteiger partial charge in [-0.15, -0.1) is 0 Å². The SMILES string of the molecule is Cc1ccc(N=C2SC(CC(=O)Nc3ccccc3F)C(=O)N2CC(C)C)cc1C. The van der Waals surface area contributed by atoms with E-state index in [2.05, 4.69) is 5.32 Å². The van der Waals surface area contributed by atoms with Crippen molar-refractivity contribution in [3.8, 4) is 0 Å². The first-order valence-corrected chi connectivity index (χ1v) is 10.8. The third-order valence-corrected chi connectivity index (χ3v) is 5.98. The van der Waals surface area contributed by atoms with Gasteiger partial charge in [0.05, 0.1) is 11.4 Å². The molecule has 0 aromatic heterocycles. The van der Waals surface area contributed by atoms with Crippen molar-refractivity contribution in [3.63, 3.8) is 0 Å². The number of aliphatic imine (C=N–C) groups is 1. The fourth-order valence-corrected chi connectivity index (χ4v) is 4.26. The van der Waals surface area contributed by atoms with E-state index in [1.54, 1.807) is 17.0 Å². The van der Waals surface area contributed by atoms with E-state index < -0.39 is 17.0 Å². The number of hydrogen-bond donors (Lipinski definition) is 1. The van der Waals surface area contributed by atoms with E-state index in [-0.39, 0.29) is 23.9 Å². The summed E-state index contributed by atoms with van der Waals surface area (Å²) in [5.74, 6) is -0.789. The molecule has 0 spiro atoms. The minimum Gasteiger partial charge on any atom is -0.324 e. The van der Waals surface area contributed by atoms with E-state index in [9.17, 15) is 14.0 Å². The summed E-state index contributed by atoms with van der Waals surface area (Å²) in [6.07, 6.45) is -0.0433. The Morgan fingerprint density at radius 3 is 2.60 bits per heavy atom. The van der Waals surface area contributed by atoms with Crippen LogP contribution < -0.4 is 5.32 Å². The van der Waals surface area contributed by atoms with E-state index >= 15 is 0 Å². The highest BCUT2D eigenvalue weighted by Gasteiger charge is 2.39. The molecule has 1 N–H and O–H groups in total. The average molecular weight is 428 g/mol. The lowest BCUT2D eigenvalue weighted by Gasteiger charge is -2.18. The van der Waals surface area contributed by atoms with Gasteiger partial charge in [-0.2, -0.15) is 0 Å². The van der Waals surface area contributed by atoms with Crippen molar-refractivity contribution in [1.82, 2.24) is 4.90 Å². The summed E-state index contributed by atoms with van der Waals surface area (Å²) in [7, 11) is 0. The molecule has 1 aliphatic rings. The van der Waals surface area contributed by atoms with E-state index in [1.807, 2.05) is 45.9 Å². The maximum atomic E-state index is 13.8. The summed E-state index contributed by atoms with van der Waals surface area (Å²) in [5, 5.41) is 2.57. The molecule has 2 aromatic rings. The second-order valence-electron chi connectivity index (χ2n) is 7.84. The molecule has 30 heavy (non-hydrogen) atoms. The Hall–Kier alpha value is -2.67. The molecule has 0 aliphatic carbocycles. The number of nitrogens with one attached hydrogen (secondary N) is 1. The normalized spacial score (nSPS) is 17.8. The topological polar surface area (TPSA) is 61.8 Å². The first-order chi connectivity index (χ1) is 14.2. The Morgan fingerprint density at radius 1 is 1.20 bits per heavy atom. The summed E-state index contributed by atoms with van der Waals surface area (Å²) in [4.78, 5) is 31.8. The molecule has 1 aliphatic heterocycles. The zero-order chi connectivity index (χ0) is 21.8. The van der Waals surface area contributed by atoms with Crippen molar-refractivity contribution in [2.75, 3.05) is 11.9 Å². The summed E-state index contributed by atoms with van der Waals surface area (Å²) >= 11 is 1.29. The van der Waals surface area contributed by atoms with Crippen LogP contribution in [0.1, 0.15) is 31.4 Å². The molecule has 0 bridgehead atoms. The highest BCUT2D eigenvalue weighted by molar-refractivity contribution is 8.15. The molecule has 5 nitrogen and oxygen atoms in total. The van der Waals surface area contributed by atoms with Crippen molar-refractivity contribution in [2.24, 2.45) is 10.9 Å². The number of benzene rings is 2. The van der Waals surface area contributed by atoms with E-state index in [0.717, 1.165) is 11.3 Å². The van der Waals surface area contributed by atoms with Crippen LogP contribution in [-0.2, 0) is 9.59 Å². The van der Waals surface area contributed by atoms with E-state index in [1.165, 1.54) is 29.5 Å². The monoisotopic (exact) mass is 427 g/mol. The van der Waals surface area contributed by atoms with Crippen molar-refractivity contribution in [3.05, 3.63) is 59.4 Å². The predicted octanol–water partition coefficient (Wildman–Crippen LogP) is 5.06. The van der Waals surface area contributed by atoms with Gasteiger partial charge in [0.2, 0.25) is 11.8 Å². The summed E-state index contributed by atoms with van der Waals surface area (Å²) in [6.45, 7) is 8.65. The minimum atomic E-state index is -0.583. The number of aryl methyl sites for hydroxylation is 2. The molecule has 2 aromatic carbocycles. The highest BCUT2D eigenvalue weighted by Crippen LogP contribution is 2.33. The lowest BCUT2D eigenvalue weighted by atomic mass is 10.1. The number of anilines is 1. The second-order valence-corrected chi connectivity index (χ2v) is 9.01. The zero-order valence-electron chi connectivity index (χ0n) is 17.6. The Balaban J connectivity index is 1.78. The first kappa shape index (κ1) is 22.0. The minimum absolute atomic E-state index is 0.0433. The zero-order valence-corrected chi connectivity index (χ0v) is 18.4. The molecule has 0 saturated carbocycles. The molecule has 1 unspecified atom stereocenters. The molecule has 1 atom stereocenters.